The van der Waals surface area contributed by atoms with Gasteiger partial charge in [-0.15, -0.1) is 0 Å². The highest BCUT2D eigenvalue weighted by atomic mass is 32.2. The van der Waals surface area contributed by atoms with Gasteiger partial charge >= 0.3 is 0 Å². The lowest BCUT2D eigenvalue weighted by molar-refractivity contribution is 0.350. The van der Waals surface area contributed by atoms with Crippen molar-refractivity contribution in [1.82, 2.24) is 4.98 Å². The summed E-state index contributed by atoms with van der Waals surface area (Å²) in [4.78, 5) is 2.90. The molecule has 0 aliphatic carbocycles. The van der Waals surface area contributed by atoms with Crippen molar-refractivity contribution >= 4 is 10.1 Å². The summed E-state index contributed by atoms with van der Waals surface area (Å²) in [7, 11) is -3.22. The van der Waals surface area contributed by atoms with Gasteiger partial charge in [-0.05, 0) is 6.07 Å². The van der Waals surface area contributed by atoms with Crippen LogP contribution in [0.2, 0.25) is 0 Å². The minimum Gasteiger partial charge on any atom is -0.502 e. The second kappa shape index (κ2) is 3.19. The molecular formula is C6H7NO5S. The van der Waals surface area contributed by atoms with Gasteiger partial charge in [0.25, 0.3) is 16.0 Å². The van der Waals surface area contributed by atoms with E-state index in [1.807, 2.05) is 0 Å². The summed E-state index contributed by atoms with van der Waals surface area (Å²) in [6, 6.07) is 0.965. The summed E-state index contributed by atoms with van der Waals surface area (Å²) < 4.78 is 34.4. The molecule has 1 aromatic rings. The van der Waals surface area contributed by atoms with Crippen LogP contribution in [0.3, 0.4) is 0 Å². The summed E-state index contributed by atoms with van der Waals surface area (Å²) >= 11 is 0. The normalized spacial score (nSPS) is 11.2. The van der Waals surface area contributed by atoms with Crippen molar-refractivity contribution in [2.45, 2.75) is 4.90 Å². The number of pyridine rings is 1. The molecule has 0 amide bonds. The Labute approximate surface area is 74.6 Å². The van der Waals surface area contributed by atoms with Gasteiger partial charge in [-0.1, -0.05) is 0 Å². The molecule has 0 atom stereocenters. The molecular weight excluding hydrogens is 198 g/mol. The minimum atomic E-state index is -4.44. The molecule has 0 radical (unpaired) electrons. The fourth-order valence-corrected chi connectivity index (χ4v) is 1.34. The number of methoxy groups -OCH3 is 1. The quantitative estimate of drug-likeness (QED) is 0.662. The summed E-state index contributed by atoms with van der Waals surface area (Å²) in [6.07, 6.45) is 1.10. The molecule has 6 nitrogen and oxygen atoms in total. The van der Waals surface area contributed by atoms with E-state index in [4.69, 9.17) is 4.55 Å². The molecule has 1 heterocycles. The Morgan fingerprint density at radius 3 is 2.62 bits per heavy atom. The number of hydrogen-bond donors (Lipinski definition) is 2. The lowest BCUT2D eigenvalue weighted by atomic mass is 10.4. The van der Waals surface area contributed by atoms with Crippen LogP contribution >= 0.6 is 0 Å². The van der Waals surface area contributed by atoms with Crippen molar-refractivity contribution in [2.75, 3.05) is 7.11 Å². The third-order valence-corrected chi connectivity index (χ3v) is 2.21. The molecule has 0 saturated heterocycles. The number of rotatable bonds is 2. The fraction of sp³-hybridized carbons (Fsp3) is 0.167. The van der Waals surface area contributed by atoms with Crippen molar-refractivity contribution in [3.63, 3.8) is 0 Å². The van der Waals surface area contributed by atoms with Gasteiger partial charge < -0.3 is 9.84 Å². The molecule has 0 saturated carbocycles. The molecule has 1 aromatic heterocycles. The maximum Gasteiger partial charge on any atom is 0.298 e. The molecule has 2 N–H and O–H groups in total. The molecule has 7 heteroatoms. The van der Waals surface area contributed by atoms with E-state index in [2.05, 4.69) is 9.72 Å². The van der Waals surface area contributed by atoms with Gasteiger partial charge in [0, 0.05) is 6.20 Å². The average Bonchev–Trinajstić information content (AvgIpc) is 2.02. The monoisotopic (exact) mass is 205 g/mol. The van der Waals surface area contributed by atoms with E-state index in [1.165, 1.54) is 7.11 Å². The molecule has 0 spiro atoms. The predicted octanol–water partition coefficient (Wildman–Crippen LogP) is 0.0425. The van der Waals surface area contributed by atoms with E-state index in [1.54, 1.807) is 0 Å². The van der Waals surface area contributed by atoms with Crippen LogP contribution in [0.25, 0.3) is 0 Å². The highest BCUT2D eigenvalue weighted by Crippen LogP contribution is 2.29. The highest BCUT2D eigenvalue weighted by Gasteiger charge is 2.18. The Bertz CT molecular complexity index is 413. The lowest BCUT2D eigenvalue weighted by Crippen LogP contribution is -2.00. The van der Waals surface area contributed by atoms with E-state index in [9.17, 15) is 13.5 Å². The molecule has 0 bridgehead atoms. The Hall–Kier alpha value is -1.34. The topological polar surface area (TPSA) is 96.7 Å². The van der Waals surface area contributed by atoms with Crippen LogP contribution in [0.1, 0.15) is 0 Å². The Kier molecular flexibility index (Phi) is 2.39. The van der Waals surface area contributed by atoms with Gasteiger partial charge in [-0.25, -0.2) is 4.98 Å². The minimum absolute atomic E-state index is 0.255. The fourth-order valence-electron chi connectivity index (χ4n) is 0.776. The largest absolute Gasteiger partial charge is 0.502 e. The summed E-state index contributed by atoms with van der Waals surface area (Å²) in [5, 5.41) is 9.20. The van der Waals surface area contributed by atoms with Crippen LogP contribution in [-0.4, -0.2) is 30.2 Å². The molecule has 0 fully saturated rings. The molecule has 0 aliphatic rings. The van der Waals surface area contributed by atoms with Gasteiger partial charge in [0.05, 0.1) is 7.11 Å². The van der Waals surface area contributed by atoms with Gasteiger partial charge in [0.15, 0.2) is 5.75 Å². The van der Waals surface area contributed by atoms with Crippen LogP contribution in [0.15, 0.2) is 17.2 Å². The number of nitrogens with zero attached hydrogens (tertiary/aromatic N) is 1. The van der Waals surface area contributed by atoms with Gasteiger partial charge in [0.1, 0.15) is 4.90 Å². The molecule has 72 valence electrons. The third-order valence-electron chi connectivity index (χ3n) is 1.32. The molecule has 0 unspecified atom stereocenters. The third kappa shape index (κ3) is 1.87. The predicted molar refractivity (Wildman–Crippen MR) is 42.3 cm³/mol. The molecule has 1 rings (SSSR count). The Morgan fingerprint density at radius 2 is 2.15 bits per heavy atom. The molecule has 0 aliphatic heterocycles. The SMILES string of the molecule is COc1nccc(S(=O)(=O)O)c1O. The van der Waals surface area contributed by atoms with E-state index in [-0.39, 0.29) is 5.88 Å². The maximum atomic E-state index is 10.6. The van der Waals surface area contributed by atoms with Crippen molar-refractivity contribution in [3.05, 3.63) is 12.3 Å². The van der Waals surface area contributed by atoms with Crippen LogP contribution < -0.4 is 4.74 Å². The first kappa shape index (κ1) is 9.75. The zero-order chi connectivity index (χ0) is 10.1. The maximum absolute atomic E-state index is 10.6. The van der Waals surface area contributed by atoms with Crippen LogP contribution in [0, 0.1) is 0 Å². The Balaban J connectivity index is 3.41. The smallest absolute Gasteiger partial charge is 0.298 e. The number of hydrogen-bond acceptors (Lipinski definition) is 5. The highest BCUT2D eigenvalue weighted by molar-refractivity contribution is 7.86. The zero-order valence-electron chi connectivity index (χ0n) is 6.63. The second-order valence-electron chi connectivity index (χ2n) is 2.14. The first-order valence-corrected chi connectivity index (χ1v) is 4.60. The standard InChI is InChI=1S/C6H7NO5S/c1-12-6-5(8)4(2-3-7-6)13(9,10)11/h2-3,8H,1H3,(H,9,10,11). The number of aromatic nitrogens is 1. The van der Waals surface area contributed by atoms with Crippen LogP contribution in [0.4, 0.5) is 0 Å². The first-order valence-electron chi connectivity index (χ1n) is 3.16. The first-order chi connectivity index (χ1) is 5.96. The zero-order valence-corrected chi connectivity index (χ0v) is 7.45. The van der Waals surface area contributed by atoms with Crippen molar-refractivity contribution in [1.29, 1.82) is 0 Å². The summed E-state index contributed by atoms with van der Waals surface area (Å²) in [5.74, 6) is -0.956. The number of ether oxygens (including phenoxy) is 1. The van der Waals surface area contributed by atoms with Crippen molar-refractivity contribution in [2.24, 2.45) is 0 Å². The van der Waals surface area contributed by atoms with Gasteiger partial charge in [-0.2, -0.15) is 8.42 Å². The Morgan fingerprint density at radius 1 is 1.54 bits per heavy atom. The van der Waals surface area contributed by atoms with Gasteiger partial charge in [-0.3, -0.25) is 4.55 Å². The van der Waals surface area contributed by atoms with Crippen molar-refractivity contribution < 1.29 is 22.8 Å². The van der Waals surface area contributed by atoms with Crippen molar-refractivity contribution in [3.8, 4) is 11.6 Å². The van der Waals surface area contributed by atoms with E-state index in [0.29, 0.717) is 0 Å². The average molecular weight is 205 g/mol. The van der Waals surface area contributed by atoms with E-state index >= 15 is 0 Å². The van der Waals surface area contributed by atoms with Crippen LogP contribution in [0.5, 0.6) is 11.6 Å². The van der Waals surface area contributed by atoms with E-state index < -0.39 is 20.8 Å². The summed E-state index contributed by atoms with van der Waals surface area (Å²) in [6.45, 7) is 0. The molecule has 0 aromatic carbocycles. The number of aromatic hydroxyl groups is 1. The van der Waals surface area contributed by atoms with Gasteiger partial charge in [0.2, 0.25) is 0 Å². The van der Waals surface area contributed by atoms with E-state index in [0.717, 1.165) is 12.3 Å². The summed E-state index contributed by atoms with van der Waals surface area (Å²) in [5.41, 5.74) is 0. The lowest BCUT2D eigenvalue weighted by Gasteiger charge is -2.04. The van der Waals surface area contributed by atoms with Crippen LogP contribution in [-0.2, 0) is 10.1 Å². The molecule has 13 heavy (non-hydrogen) atoms. The second-order valence-corrected chi connectivity index (χ2v) is 3.53.